The van der Waals surface area contributed by atoms with E-state index in [0.717, 1.165) is 24.2 Å². The van der Waals surface area contributed by atoms with E-state index >= 15 is 0 Å². The van der Waals surface area contributed by atoms with Gasteiger partial charge in [-0.2, -0.15) is 0 Å². The molecule has 2 nitrogen and oxygen atoms in total. The van der Waals surface area contributed by atoms with Crippen LogP contribution in [0.1, 0.15) is 34.1 Å². The molecule has 78 valence electrons. The molecule has 0 aliphatic carbocycles. The third-order valence-electron chi connectivity index (χ3n) is 2.13. The van der Waals surface area contributed by atoms with Crippen LogP contribution in [0.15, 0.2) is 12.3 Å². The Kier molecular flexibility index (Phi) is 5.49. The summed E-state index contributed by atoms with van der Waals surface area (Å²) in [5, 5.41) is 3.33. The first-order valence-electron chi connectivity index (χ1n) is 4.66. The first-order chi connectivity index (χ1) is 5.93. The van der Waals surface area contributed by atoms with Gasteiger partial charge in [0.05, 0.1) is 0 Å². The zero-order valence-corrected chi connectivity index (χ0v) is 9.87. The van der Waals surface area contributed by atoms with Gasteiger partial charge in [-0.05, 0) is 38.2 Å². The predicted octanol–water partition coefficient (Wildman–Crippen LogP) is 3.12. The van der Waals surface area contributed by atoms with E-state index in [-0.39, 0.29) is 5.54 Å². The monoisotopic (exact) mass is 203 g/mol. The predicted molar refractivity (Wildman–Crippen MR) is 60.9 cm³/mol. The van der Waals surface area contributed by atoms with Crippen LogP contribution in [0.5, 0.6) is 0 Å². The Morgan fingerprint density at radius 3 is 2.54 bits per heavy atom. The van der Waals surface area contributed by atoms with Crippen molar-refractivity contribution in [3.63, 3.8) is 0 Å². The van der Waals surface area contributed by atoms with Gasteiger partial charge in [-0.3, -0.25) is 0 Å². The highest BCUT2D eigenvalue weighted by Gasteiger charge is 2.19. The fraction of sp³-hybridized carbons (Fsp3) is 0.800. The fourth-order valence-corrected chi connectivity index (χ4v) is 1.40. The van der Waals surface area contributed by atoms with Crippen molar-refractivity contribution in [1.29, 1.82) is 0 Å². The molecule has 0 aromatic rings. The standard InChI is InChI=1S/C10H21NOS/c1-6-8(2)9(3)11-10(4,5)7-13-12/h8,11-12H,3,6-7H2,1-2,4-5H3. The zero-order chi connectivity index (χ0) is 10.5. The highest BCUT2D eigenvalue weighted by atomic mass is 32.2. The molecule has 0 aromatic carbocycles. The summed E-state index contributed by atoms with van der Waals surface area (Å²) in [6.45, 7) is 12.4. The maximum atomic E-state index is 8.76. The summed E-state index contributed by atoms with van der Waals surface area (Å²) in [4.78, 5) is 0. The maximum absolute atomic E-state index is 8.76. The molecule has 0 spiro atoms. The van der Waals surface area contributed by atoms with Crippen molar-refractivity contribution in [3.8, 4) is 0 Å². The van der Waals surface area contributed by atoms with Crippen LogP contribution in [-0.2, 0) is 0 Å². The van der Waals surface area contributed by atoms with E-state index in [0.29, 0.717) is 11.7 Å². The number of nitrogens with one attached hydrogen (secondary N) is 1. The largest absolute Gasteiger partial charge is 0.383 e. The lowest BCUT2D eigenvalue weighted by molar-refractivity contribution is 0.438. The molecule has 3 heteroatoms. The van der Waals surface area contributed by atoms with E-state index < -0.39 is 0 Å². The summed E-state index contributed by atoms with van der Waals surface area (Å²) in [5.41, 5.74) is 0.974. The molecular formula is C10H21NOS. The molecule has 1 atom stereocenters. The van der Waals surface area contributed by atoms with Crippen molar-refractivity contribution in [2.45, 2.75) is 39.7 Å². The van der Waals surface area contributed by atoms with E-state index in [9.17, 15) is 0 Å². The van der Waals surface area contributed by atoms with Crippen molar-refractivity contribution < 1.29 is 4.55 Å². The first kappa shape index (κ1) is 12.8. The van der Waals surface area contributed by atoms with Crippen LogP contribution in [0.2, 0.25) is 0 Å². The molecule has 0 radical (unpaired) electrons. The van der Waals surface area contributed by atoms with Crippen LogP contribution in [0.25, 0.3) is 0 Å². The van der Waals surface area contributed by atoms with Gasteiger partial charge in [-0.15, -0.1) is 0 Å². The van der Waals surface area contributed by atoms with Gasteiger partial charge in [0.15, 0.2) is 0 Å². The minimum absolute atomic E-state index is 0.0834. The molecule has 0 aliphatic heterocycles. The summed E-state index contributed by atoms with van der Waals surface area (Å²) in [6.07, 6.45) is 1.09. The molecule has 0 saturated heterocycles. The summed E-state index contributed by atoms with van der Waals surface area (Å²) in [7, 11) is 0. The van der Waals surface area contributed by atoms with Gasteiger partial charge in [0, 0.05) is 17.0 Å². The van der Waals surface area contributed by atoms with Crippen molar-refractivity contribution >= 4 is 12.0 Å². The normalized spacial score (nSPS) is 13.9. The Morgan fingerprint density at radius 2 is 2.15 bits per heavy atom. The van der Waals surface area contributed by atoms with E-state index in [1.54, 1.807) is 0 Å². The molecule has 0 amide bonds. The molecule has 13 heavy (non-hydrogen) atoms. The number of rotatable bonds is 6. The van der Waals surface area contributed by atoms with E-state index in [1.165, 1.54) is 0 Å². The van der Waals surface area contributed by atoms with Gasteiger partial charge in [0.1, 0.15) is 0 Å². The smallest absolute Gasteiger partial charge is 0.0426 e. The second-order valence-corrected chi connectivity index (χ2v) is 4.66. The SMILES string of the molecule is C=C(NC(C)(C)CSO)C(C)CC. The Balaban J connectivity index is 4.03. The average molecular weight is 203 g/mol. The number of hydrogen-bond acceptors (Lipinski definition) is 3. The number of hydrogen-bond donors (Lipinski definition) is 2. The van der Waals surface area contributed by atoms with E-state index in [4.69, 9.17) is 4.55 Å². The molecule has 0 saturated carbocycles. The van der Waals surface area contributed by atoms with Crippen LogP contribution < -0.4 is 5.32 Å². The van der Waals surface area contributed by atoms with Crippen LogP contribution in [0.3, 0.4) is 0 Å². The topological polar surface area (TPSA) is 32.3 Å². The minimum Gasteiger partial charge on any atom is -0.383 e. The van der Waals surface area contributed by atoms with Crippen molar-refractivity contribution in [2.75, 3.05) is 5.75 Å². The molecule has 0 fully saturated rings. The minimum atomic E-state index is -0.0834. The van der Waals surface area contributed by atoms with Gasteiger partial charge < -0.3 is 9.87 Å². The van der Waals surface area contributed by atoms with Gasteiger partial charge in [0.2, 0.25) is 0 Å². The Hall–Kier alpha value is -0.150. The van der Waals surface area contributed by atoms with Crippen LogP contribution in [0.4, 0.5) is 0 Å². The van der Waals surface area contributed by atoms with Crippen LogP contribution >= 0.6 is 12.0 Å². The molecule has 0 aromatic heterocycles. The lowest BCUT2D eigenvalue weighted by atomic mass is 10.0. The molecular weight excluding hydrogens is 182 g/mol. The highest BCUT2D eigenvalue weighted by molar-refractivity contribution is 7.93. The van der Waals surface area contributed by atoms with Gasteiger partial charge in [-0.25, -0.2) is 0 Å². The van der Waals surface area contributed by atoms with E-state index in [1.807, 2.05) is 0 Å². The van der Waals surface area contributed by atoms with Crippen molar-refractivity contribution in [1.82, 2.24) is 5.32 Å². The lowest BCUT2D eigenvalue weighted by Gasteiger charge is -2.29. The molecule has 1 unspecified atom stereocenters. The molecule has 0 heterocycles. The van der Waals surface area contributed by atoms with Crippen molar-refractivity contribution in [3.05, 3.63) is 12.3 Å². The molecule has 2 N–H and O–H groups in total. The van der Waals surface area contributed by atoms with Crippen LogP contribution in [0, 0.1) is 5.92 Å². The first-order valence-corrected chi connectivity index (χ1v) is 5.60. The quantitative estimate of drug-likeness (QED) is 0.651. The Bertz CT molecular complexity index is 168. The fourth-order valence-electron chi connectivity index (χ4n) is 1.00. The highest BCUT2D eigenvalue weighted by Crippen LogP contribution is 2.16. The summed E-state index contributed by atoms with van der Waals surface area (Å²) >= 11 is 0.866. The van der Waals surface area contributed by atoms with E-state index in [2.05, 4.69) is 39.6 Å². The van der Waals surface area contributed by atoms with Gasteiger partial charge in [-0.1, -0.05) is 20.4 Å². The zero-order valence-electron chi connectivity index (χ0n) is 9.05. The third-order valence-corrected chi connectivity index (χ3v) is 2.98. The molecule has 0 bridgehead atoms. The maximum Gasteiger partial charge on any atom is 0.0426 e. The average Bonchev–Trinajstić information content (AvgIpc) is 2.01. The molecule has 0 aliphatic rings. The number of allylic oxidation sites excluding steroid dienone is 1. The molecule has 0 rings (SSSR count). The van der Waals surface area contributed by atoms with Gasteiger partial charge in [0.25, 0.3) is 0 Å². The third kappa shape index (κ3) is 5.21. The second kappa shape index (κ2) is 5.55. The lowest BCUT2D eigenvalue weighted by Crippen LogP contribution is -2.42. The summed E-state index contributed by atoms with van der Waals surface area (Å²) < 4.78 is 8.76. The second-order valence-electron chi connectivity index (χ2n) is 4.12. The Morgan fingerprint density at radius 1 is 1.62 bits per heavy atom. The summed E-state index contributed by atoms with van der Waals surface area (Å²) in [6, 6.07) is 0. The Labute approximate surface area is 86.0 Å². The van der Waals surface area contributed by atoms with Gasteiger partial charge >= 0.3 is 0 Å². The summed E-state index contributed by atoms with van der Waals surface area (Å²) in [5.74, 6) is 1.16. The van der Waals surface area contributed by atoms with Crippen molar-refractivity contribution in [2.24, 2.45) is 5.92 Å². The van der Waals surface area contributed by atoms with Crippen LogP contribution in [-0.4, -0.2) is 15.8 Å².